The van der Waals surface area contributed by atoms with E-state index in [0.29, 0.717) is 11.3 Å². The van der Waals surface area contributed by atoms with E-state index in [0.717, 1.165) is 12.3 Å². The number of primary amides is 1. The number of aliphatic hydroxyl groups is 1. The molecule has 0 aliphatic rings. The molecule has 10 nitrogen and oxygen atoms in total. The van der Waals surface area contributed by atoms with Crippen molar-refractivity contribution in [1.29, 1.82) is 0 Å². The van der Waals surface area contributed by atoms with Gasteiger partial charge in [-0.1, -0.05) is 0 Å². The quantitative estimate of drug-likeness (QED) is 0.382. The van der Waals surface area contributed by atoms with E-state index >= 15 is 0 Å². The summed E-state index contributed by atoms with van der Waals surface area (Å²) >= 11 is 0. The van der Waals surface area contributed by atoms with Crippen molar-refractivity contribution in [2.24, 2.45) is 5.73 Å². The van der Waals surface area contributed by atoms with E-state index in [1.54, 1.807) is 0 Å². The molecule has 11 heteroatoms. The van der Waals surface area contributed by atoms with Gasteiger partial charge in [0, 0.05) is 23.9 Å². The largest absolute Gasteiger partial charge is 0.397 e. The predicted octanol–water partition coefficient (Wildman–Crippen LogP) is -0.186. The van der Waals surface area contributed by atoms with Gasteiger partial charge in [-0.15, -0.1) is 0 Å². The normalized spacial score (nSPS) is 11.4. The van der Waals surface area contributed by atoms with E-state index < -0.39 is 36.3 Å². The van der Waals surface area contributed by atoms with Gasteiger partial charge in [-0.05, 0) is 24.3 Å². The van der Waals surface area contributed by atoms with Gasteiger partial charge in [0.2, 0.25) is 0 Å². The van der Waals surface area contributed by atoms with Gasteiger partial charge in [-0.3, -0.25) is 9.59 Å². The van der Waals surface area contributed by atoms with E-state index in [9.17, 15) is 23.9 Å². The third kappa shape index (κ3) is 5.64. The molecule has 2 aromatic rings. The van der Waals surface area contributed by atoms with Crippen LogP contribution < -0.4 is 27.4 Å². The first-order valence-electron chi connectivity index (χ1n) is 8.07. The molecular weight excluding hydrogens is 371 g/mol. The minimum atomic E-state index is -0.821. The minimum Gasteiger partial charge on any atom is -0.397 e. The molecule has 0 aliphatic carbocycles. The highest BCUT2D eigenvalue weighted by Gasteiger charge is 2.18. The minimum absolute atomic E-state index is 0.0799. The molecule has 0 aliphatic heterocycles. The Morgan fingerprint density at radius 3 is 2.43 bits per heavy atom. The number of hydrogen-bond acceptors (Lipinski definition) is 6. The van der Waals surface area contributed by atoms with Crippen LogP contribution >= 0.6 is 0 Å². The first-order chi connectivity index (χ1) is 13.3. The van der Waals surface area contributed by atoms with E-state index in [1.165, 1.54) is 24.3 Å². The molecule has 4 amide bonds. The summed E-state index contributed by atoms with van der Waals surface area (Å²) in [5.74, 6) is -1.86. The molecule has 28 heavy (non-hydrogen) atoms. The molecule has 0 unspecified atom stereocenters. The monoisotopic (exact) mass is 390 g/mol. The second-order valence-corrected chi connectivity index (χ2v) is 5.72. The zero-order valence-electron chi connectivity index (χ0n) is 14.6. The second kappa shape index (κ2) is 9.28. The average Bonchev–Trinajstić information content (AvgIpc) is 2.64. The maximum absolute atomic E-state index is 13.0. The van der Waals surface area contributed by atoms with Gasteiger partial charge in [0.25, 0.3) is 11.8 Å². The topological polar surface area (TPSA) is 172 Å². The van der Waals surface area contributed by atoms with E-state index in [-0.39, 0.29) is 17.9 Å². The van der Waals surface area contributed by atoms with Gasteiger partial charge < -0.3 is 32.5 Å². The number of carbonyl (C=O) groups is 3. The molecule has 0 fully saturated rings. The number of nitrogens with one attached hydrogen (secondary N) is 3. The Kier molecular flexibility index (Phi) is 6.82. The van der Waals surface area contributed by atoms with Crippen LogP contribution in [0.1, 0.15) is 20.8 Å². The van der Waals surface area contributed by atoms with Crippen molar-refractivity contribution in [3.05, 3.63) is 53.6 Å². The Morgan fingerprint density at radius 1 is 1.18 bits per heavy atom. The number of aromatic nitrogens is 1. The second-order valence-electron chi connectivity index (χ2n) is 5.72. The van der Waals surface area contributed by atoms with Crippen LogP contribution in [0.3, 0.4) is 0 Å². The summed E-state index contributed by atoms with van der Waals surface area (Å²) in [4.78, 5) is 38.7. The van der Waals surface area contributed by atoms with E-state index in [1.807, 2.05) is 0 Å². The maximum Gasteiger partial charge on any atom is 0.316 e. The number of nitrogens with two attached hydrogens (primary N) is 2. The summed E-state index contributed by atoms with van der Waals surface area (Å²) in [5.41, 5.74) is 10.9. The number of aliphatic hydroxyl groups excluding tert-OH is 1. The van der Waals surface area contributed by atoms with E-state index in [2.05, 4.69) is 20.9 Å². The Balaban J connectivity index is 1.92. The van der Waals surface area contributed by atoms with Crippen molar-refractivity contribution >= 4 is 29.2 Å². The third-order valence-corrected chi connectivity index (χ3v) is 3.58. The smallest absolute Gasteiger partial charge is 0.316 e. The molecule has 1 aromatic carbocycles. The van der Waals surface area contributed by atoms with Crippen LogP contribution in [0.5, 0.6) is 0 Å². The summed E-state index contributed by atoms with van der Waals surface area (Å²) in [6.07, 6.45) is 0.845. The van der Waals surface area contributed by atoms with E-state index in [4.69, 9.17) is 11.5 Å². The number of benzene rings is 1. The van der Waals surface area contributed by atoms with Crippen LogP contribution in [0.4, 0.5) is 20.6 Å². The average molecular weight is 390 g/mol. The lowest BCUT2D eigenvalue weighted by atomic mass is 10.2. The summed E-state index contributed by atoms with van der Waals surface area (Å²) in [7, 11) is 0. The third-order valence-electron chi connectivity index (χ3n) is 3.58. The summed E-state index contributed by atoms with van der Waals surface area (Å²) < 4.78 is 13.0. The van der Waals surface area contributed by atoms with Crippen molar-refractivity contribution in [1.82, 2.24) is 15.6 Å². The number of anilines is 2. The van der Waals surface area contributed by atoms with Gasteiger partial charge in [0.1, 0.15) is 5.82 Å². The van der Waals surface area contributed by atoms with Gasteiger partial charge in [-0.25, -0.2) is 14.2 Å². The number of pyridine rings is 1. The van der Waals surface area contributed by atoms with Crippen LogP contribution in [-0.2, 0) is 0 Å². The fourth-order valence-electron chi connectivity index (χ4n) is 2.22. The molecule has 8 N–H and O–H groups in total. The number of amides is 4. The summed E-state index contributed by atoms with van der Waals surface area (Å²) in [6.45, 7) is -0.544. The number of halogens is 1. The fourth-order valence-corrected chi connectivity index (χ4v) is 2.22. The Labute approximate surface area is 159 Å². The summed E-state index contributed by atoms with van der Waals surface area (Å²) in [5, 5.41) is 16.8. The predicted molar refractivity (Wildman–Crippen MR) is 98.9 cm³/mol. The lowest BCUT2D eigenvalue weighted by molar-refractivity contribution is 0.0885. The number of carbonyl (C=O) groups excluding carboxylic acids is 3. The lowest BCUT2D eigenvalue weighted by Gasteiger charge is -2.17. The van der Waals surface area contributed by atoms with Crippen molar-refractivity contribution in [2.45, 2.75) is 6.04 Å². The van der Waals surface area contributed by atoms with Gasteiger partial charge in [0.05, 0.1) is 24.5 Å². The molecule has 0 radical (unpaired) electrons. The van der Waals surface area contributed by atoms with Crippen LogP contribution in [0, 0.1) is 5.82 Å². The first kappa shape index (κ1) is 20.6. The number of urea groups is 1. The Bertz CT molecular complexity index is 874. The lowest BCUT2D eigenvalue weighted by Crippen LogP contribution is -2.46. The Hall–Kier alpha value is -3.73. The summed E-state index contributed by atoms with van der Waals surface area (Å²) in [6, 6.07) is 5.33. The van der Waals surface area contributed by atoms with Crippen molar-refractivity contribution < 1.29 is 23.9 Å². The standard InChI is InChI=1S/C17H19FN6O4/c18-10-5-13(19)14(21-6-10)16(27)23-12(8-25)7-22-15(26)9-1-3-11(4-2-9)24-17(20)28/h1-6,12,25H,7-8,19H2,(H,22,26)(H,23,27)(H3,20,24,28)/t12-/m1/s1. The molecule has 0 saturated carbocycles. The first-order valence-corrected chi connectivity index (χ1v) is 8.07. The molecule has 1 heterocycles. The molecule has 0 saturated heterocycles. The number of nitrogen functional groups attached to an aromatic ring is 1. The van der Waals surface area contributed by atoms with Crippen LogP contribution in [0.2, 0.25) is 0 Å². The van der Waals surface area contributed by atoms with Crippen molar-refractivity contribution in [3.8, 4) is 0 Å². The van der Waals surface area contributed by atoms with Crippen LogP contribution in [0.25, 0.3) is 0 Å². The molecule has 0 bridgehead atoms. The van der Waals surface area contributed by atoms with Crippen molar-refractivity contribution in [2.75, 3.05) is 24.2 Å². The zero-order chi connectivity index (χ0) is 20.7. The van der Waals surface area contributed by atoms with Gasteiger partial charge in [0.15, 0.2) is 5.69 Å². The molecule has 0 spiro atoms. The highest BCUT2D eigenvalue weighted by molar-refractivity contribution is 5.97. The van der Waals surface area contributed by atoms with Gasteiger partial charge in [-0.2, -0.15) is 0 Å². The highest BCUT2D eigenvalue weighted by Crippen LogP contribution is 2.11. The highest BCUT2D eigenvalue weighted by atomic mass is 19.1. The van der Waals surface area contributed by atoms with Crippen LogP contribution in [0.15, 0.2) is 36.5 Å². The Morgan fingerprint density at radius 2 is 1.86 bits per heavy atom. The fraction of sp³-hybridized carbons (Fsp3) is 0.176. The number of rotatable bonds is 7. The molecule has 1 aromatic heterocycles. The maximum atomic E-state index is 13.0. The van der Waals surface area contributed by atoms with Crippen LogP contribution in [-0.4, -0.2) is 47.1 Å². The molecule has 148 valence electrons. The zero-order valence-corrected chi connectivity index (χ0v) is 14.6. The van der Waals surface area contributed by atoms with Crippen molar-refractivity contribution in [3.63, 3.8) is 0 Å². The molecular formula is C17H19FN6O4. The SMILES string of the molecule is NC(=O)Nc1ccc(C(=O)NC[C@H](CO)NC(=O)c2ncc(F)cc2N)cc1. The number of hydrogen-bond donors (Lipinski definition) is 6. The molecule has 2 rings (SSSR count). The van der Waals surface area contributed by atoms with Gasteiger partial charge >= 0.3 is 6.03 Å². The molecule has 1 atom stereocenters. The number of nitrogens with zero attached hydrogens (tertiary/aromatic N) is 1.